The van der Waals surface area contributed by atoms with Gasteiger partial charge >= 0.3 is 0 Å². The zero-order valence-electron chi connectivity index (χ0n) is 20.7. The second kappa shape index (κ2) is 7.93. The average Bonchev–Trinajstić information content (AvgIpc) is 3.10. The van der Waals surface area contributed by atoms with Gasteiger partial charge in [0.2, 0.25) is 0 Å². The topological polar surface area (TPSA) is 0 Å². The molecule has 0 heterocycles. The van der Waals surface area contributed by atoms with Crippen LogP contribution in [0.4, 0.5) is 0 Å². The number of allylic oxidation sites excluding steroid dienone is 3. The summed E-state index contributed by atoms with van der Waals surface area (Å²) in [5, 5.41) is 0. The van der Waals surface area contributed by atoms with Gasteiger partial charge in [0.1, 0.15) is 0 Å². The number of hydrogen-bond acceptors (Lipinski definition) is 0. The van der Waals surface area contributed by atoms with Crippen molar-refractivity contribution in [1.29, 1.82) is 0 Å². The maximum atomic E-state index is 2.73. The summed E-state index contributed by atoms with van der Waals surface area (Å²) in [6.07, 6.45) is 20.7. The monoisotopic (exact) mass is 416 g/mol. The van der Waals surface area contributed by atoms with E-state index in [1.165, 1.54) is 74.5 Å². The molecule has 0 heteroatoms. The van der Waals surface area contributed by atoms with E-state index in [-0.39, 0.29) is 0 Å². The van der Waals surface area contributed by atoms with Gasteiger partial charge in [-0.2, -0.15) is 0 Å². The third-order valence-corrected chi connectivity index (χ3v) is 10.8. The Hall–Kier alpha value is -1.30. The molecule has 0 nitrogen and oxygen atoms in total. The van der Waals surface area contributed by atoms with E-state index in [9.17, 15) is 0 Å². The van der Waals surface area contributed by atoms with Crippen molar-refractivity contribution in [1.82, 2.24) is 0 Å². The Morgan fingerprint density at radius 1 is 0.968 bits per heavy atom. The van der Waals surface area contributed by atoms with Crippen LogP contribution in [0.5, 0.6) is 0 Å². The fraction of sp³-hybridized carbons (Fsp3) is 0.677. The van der Waals surface area contributed by atoms with Gasteiger partial charge in [0.05, 0.1) is 0 Å². The van der Waals surface area contributed by atoms with Gasteiger partial charge in [0.25, 0.3) is 0 Å². The van der Waals surface area contributed by atoms with Gasteiger partial charge in [-0.05, 0) is 122 Å². The smallest absolute Gasteiger partial charge is 0.00853 e. The Balaban J connectivity index is 1.37. The summed E-state index contributed by atoms with van der Waals surface area (Å²) < 4.78 is 0. The number of aryl methyl sites for hydroxylation is 2. The Morgan fingerprint density at radius 2 is 1.74 bits per heavy atom. The molecule has 4 aliphatic carbocycles. The highest BCUT2D eigenvalue weighted by molar-refractivity contribution is 5.57. The molecule has 4 aliphatic rings. The van der Waals surface area contributed by atoms with E-state index in [4.69, 9.17) is 0 Å². The highest BCUT2D eigenvalue weighted by Crippen LogP contribution is 2.67. The molecule has 7 unspecified atom stereocenters. The third kappa shape index (κ3) is 3.39. The second-order valence-corrected chi connectivity index (χ2v) is 12.2. The molecule has 168 valence electrons. The van der Waals surface area contributed by atoms with Gasteiger partial charge in [-0.3, -0.25) is 0 Å². The molecule has 0 saturated heterocycles. The largest absolute Gasteiger partial charge is 0.0845 e. The summed E-state index contributed by atoms with van der Waals surface area (Å²) in [6.45, 7) is 12.4. The van der Waals surface area contributed by atoms with E-state index in [0.717, 1.165) is 23.7 Å². The molecule has 7 atom stereocenters. The molecule has 0 aromatic heterocycles. The standard InChI is InChI=1S/C31H44/c1-21-9-8-10-22(2)25(21)14-12-23(3)27-16-17-28-26-15-13-24-11-6-7-19-30(24,4)29(26)18-20-31(27,28)5/h8-10,12-14,23,26-29H,6-7,11,15-20H2,1-5H3/b14-12+. The van der Waals surface area contributed by atoms with Gasteiger partial charge in [-0.25, -0.2) is 0 Å². The predicted molar refractivity (Wildman–Crippen MR) is 134 cm³/mol. The normalized spacial score (nSPS) is 40.7. The van der Waals surface area contributed by atoms with E-state index in [1.54, 1.807) is 0 Å². The van der Waals surface area contributed by atoms with Crippen molar-refractivity contribution in [2.45, 2.75) is 92.4 Å². The Labute approximate surface area is 191 Å². The second-order valence-electron chi connectivity index (χ2n) is 12.2. The number of hydrogen-bond donors (Lipinski definition) is 0. The summed E-state index contributed by atoms with van der Waals surface area (Å²) in [7, 11) is 0. The van der Waals surface area contributed by atoms with Gasteiger partial charge in [0.15, 0.2) is 0 Å². The fourth-order valence-corrected chi connectivity index (χ4v) is 9.07. The van der Waals surface area contributed by atoms with Crippen LogP contribution in [0.15, 0.2) is 35.9 Å². The minimum Gasteiger partial charge on any atom is -0.0845 e. The van der Waals surface area contributed by atoms with Crippen LogP contribution in [-0.2, 0) is 0 Å². The summed E-state index contributed by atoms with van der Waals surface area (Å²) in [6, 6.07) is 6.69. The number of fused-ring (bicyclic) bond motifs is 5. The zero-order valence-corrected chi connectivity index (χ0v) is 20.7. The summed E-state index contributed by atoms with van der Waals surface area (Å²) in [4.78, 5) is 0. The highest BCUT2D eigenvalue weighted by Gasteiger charge is 2.58. The molecule has 1 aromatic rings. The van der Waals surface area contributed by atoms with Gasteiger partial charge in [0, 0.05) is 0 Å². The van der Waals surface area contributed by atoms with Crippen molar-refractivity contribution in [3.63, 3.8) is 0 Å². The first-order valence-corrected chi connectivity index (χ1v) is 13.3. The van der Waals surface area contributed by atoms with Crippen LogP contribution in [0.25, 0.3) is 6.08 Å². The summed E-state index contributed by atoms with van der Waals surface area (Å²) >= 11 is 0. The molecule has 0 amide bonds. The van der Waals surface area contributed by atoms with E-state index < -0.39 is 0 Å². The molecule has 5 rings (SSSR count). The predicted octanol–water partition coefficient (Wildman–Crippen LogP) is 8.92. The molecular formula is C31H44. The lowest BCUT2D eigenvalue weighted by atomic mass is 9.47. The minimum atomic E-state index is 0.536. The van der Waals surface area contributed by atoms with Crippen LogP contribution < -0.4 is 0 Å². The molecule has 31 heavy (non-hydrogen) atoms. The Bertz CT molecular complexity index is 867. The first-order chi connectivity index (χ1) is 14.8. The van der Waals surface area contributed by atoms with E-state index in [1.807, 2.05) is 5.57 Å². The van der Waals surface area contributed by atoms with Crippen molar-refractivity contribution in [3.05, 3.63) is 52.6 Å². The van der Waals surface area contributed by atoms with Gasteiger partial charge in [-0.15, -0.1) is 0 Å². The van der Waals surface area contributed by atoms with Crippen LogP contribution in [0.2, 0.25) is 0 Å². The molecule has 0 spiro atoms. The molecule has 0 radical (unpaired) electrons. The van der Waals surface area contributed by atoms with Gasteiger partial charge in [-0.1, -0.05) is 69.2 Å². The minimum absolute atomic E-state index is 0.536. The third-order valence-electron chi connectivity index (χ3n) is 10.8. The molecule has 0 N–H and O–H groups in total. The van der Waals surface area contributed by atoms with E-state index in [0.29, 0.717) is 16.7 Å². The molecule has 0 bridgehead atoms. The van der Waals surface area contributed by atoms with Crippen molar-refractivity contribution in [3.8, 4) is 0 Å². The zero-order chi connectivity index (χ0) is 21.8. The highest BCUT2D eigenvalue weighted by atomic mass is 14.6. The Kier molecular flexibility index (Phi) is 5.51. The van der Waals surface area contributed by atoms with Crippen molar-refractivity contribution in [2.24, 2.45) is 40.4 Å². The average molecular weight is 417 g/mol. The molecule has 3 saturated carbocycles. The van der Waals surface area contributed by atoms with Gasteiger partial charge < -0.3 is 0 Å². The van der Waals surface area contributed by atoms with Crippen molar-refractivity contribution in [2.75, 3.05) is 0 Å². The summed E-state index contributed by atoms with van der Waals surface area (Å²) in [5.74, 6) is 4.38. The molecule has 3 fully saturated rings. The molecular weight excluding hydrogens is 372 g/mol. The molecule has 1 aromatic carbocycles. The van der Waals surface area contributed by atoms with Crippen molar-refractivity contribution < 1.29 is 0 Å². The first kappa shape index (κ1) is 21.5. The molecule has 0 aliphatic heterocycles. The van der Waals surface area contributed by atoms with Crippen LogP contribution in [0, 0.1) is 54.3 Å². The number of benzene rings is 1. The van der Waals surface area contributed by atoms with Crippen LogP contribution in [0.3, 0.4) is 0 Å². The fourth-order valence-electron chi connectivity index (χ4n) is 9.07. The quantitative estimate of drug-likeness (QED) is 0.431. The first-order valence-electron chi connectivity index (χ1n) is 13.3. The van der Waals surface area contributed by atoms with Crippen LogP contribution in [0.1, 0.15) is 95.2 Å². The van der Waals surface area contributed by atoms with E-state index in [2.05, 4.69) is 71.0 Å². The lowest BCUT2D eigenvalue weighted by molar-refractivity contribution is -0.0462. The maximum Gasteiger partial charge on any atom is -0.00853 e. The lowest BCUT2D eigenvalue weighted by Crippen LogP contribution is -2.49. The maximum absolute atomic E-state index is 2.73. The summed E-state index contributed by atoms with van der Waals surface area (Å²) in [5.41, 5.74) is 7.18. The van der Waals surface area contributed by atoms with Crippen molar-refractivity contribution >= 4 is 6.08 Å². The van der Waals surface area contributed by atoms with E-state index >= 15 is 0 Å². The Morgan fingerprint density at radius 3 is 2.52 bits per heavy atom. The van der Waals surface area contributed by atoms with Crippen LogP contribution >= 0.6 is 0 Å². The van der Waals surface area contributed by atoms with Crippen LogP contribution in [-0.4, -0.2) is 0 Å². The lowest BCUT2D eigenvalue weighted by Gasteiger charge is -2.58. The number of rotatable bonds is 3. The SMILES string of the molecule is Cc1cccc(C)c1/C=C/C(C)C1CCC2C3CC=C4CCCCC4(C)C3CCC12C.